The second-order valence-electron chi connectivity index (χ2n) is 7.06. The molecule has 0 saturated heterocycles. The summed E-state index contributed by atoms with van der Waals surface area (Å²) in [4.78, 5) is 25.1. The van der Waals surface area contributed by atoms with Crippen LogP contribution in [0, 0.1) is 6.92 Å². The lowest BCUT2D eigenvalue weighted by Crippen LogP contribution is -2.23. The molecule has 0 bridgehead atoms. The van der Waals surface area contributed by atoms with Gasteiger partial charge in [0, 0.05) is 17.8 Å². The average Bonchev–Trinajstić information content (AvgIpc) is 3.26. The summed E-state index contributed by atoms with van der Waals surface area (Å²) in [5.41, 5.74) is 1.70. The molecule has 0 radical (unpaired) electrons. The molecule has 0 unspecified atom stereocenters. The van der Waals surface area contributed by atoms with Crippen molar-refractivity contribution in [1.82, 2.24) is 15.5 Å². The summed E-state index contributed by atoms with van der Waals surface area (Å²) in [6, 6.07) is 10.4. The van der Waals surface area contributed by atoms with Gasteiger partial charge >= 0.3 is 0 Å². The van der Waals surface area contributed by atoms with Gasteiger partial charge in [-0.25, -0.2) is 0 Å². The van der Waals surface area contributed by atoms with Crippen LogP contribution in [0.15, 0.2) is 36.4 Å². The van der Waals surface area contributed by atoms with Gasteiger partial charge in [-0.05, 0) is 63.6 Å². The second-order valence-corrected chi connectivity index (χ2v) is 8.25. The number of amides is 2. The van der Waals surface area contributed by atoms with Crippen LogP contribution in [0.25, 0.3) is 0 Å². The summed E-state index contributed by atoms with van der Waals surface area (Å²) < 4.78 is 17.2. The Morgan fingerprint density at radius 3 is 2.18 bits per heavy atom. The van der Waals surface area contributed by atoms with E-state index in [9.17, 15) is 9.59 Å². The highest BCUT2D eigenvalue weighted by Crippen LogP contribution is 2.39. The topological polar surface area (TPSA) is 112 Å². The maximum Gasteiger partial charge on any atom is 0.286 e. The van der Waals surface area contributed by atoms with Crippen molar-refractivity contribution in [3.8, 4) is 17.2 Å². The molecule has 10 heteroatoms. The lowest BCUT2D eigenvalue weighted by Gasteiger charge is -2.17. The molecule has 0 aliphatic heterocycles. The van der Waals surface area contributed by atoms with E-state index in [1.165, 1.54) is 11.3 Å². The Bertz CT molecular complexity index is 1120. The summed E-state index contributed by atoms with van der Waals surface area (Å²) in [7, 11) is 0. The number of carbonyl (C=O) groups excluding carboxylic acids is 2. The molecule has 0 aliphatic rings. The van der Waals surface area contributed by atoms with Gasteiger partial charge in [-0.3, -0.25) is 9.59 Å². The van der Waals surface area contributed by atoms with E-state index in [4.69, 9.17) is 14.2 Å². The Kier molecular flexibility index (Phi) is 8.80. The Morgan fingerprint density at radius 2 is 1.59 bits per heavy atom. The predicted molar refractivity (Wildman–Crippen MR) is 130 cm³/mol. The molecular formula is C24H28N4O5S. The third kappa shape index (κ3) is 6.44. The molecule has 0 spiro atoms. The number of hydrogen-bond acceptors (Lipinski definition) is 8. The third-order valence-electron chi connectivity index (χ3n) is 4.52. The highest BCUT2D eigenvalue weighted by molar-refractivity contribution is 7.13. The Hall–Kier alpha value is -3.66. The normalized spacial score (nSPS) is 10.5. The van der Waals surface area contributed by atoms with E-state index in [-0.39, 0.29) is 23.4 Å². The lowest BCUT2D eigenvalue weighted by atomic mass is 10.1. The lowest BCUT2D eigenvalue weighted by molar-refractivity contribution is 0.0949. The first kappa shape index (κ1) is 25.0. The first-order valence-corrected chi connectivity index (χ1v) is 11.8. The van der Waals surface area contributed by atoms with Crippen LogP contribution in [0.4, 0.5) is 5.69 Å². The van der Waals surface area contributed by atoms with Crippen LogP contribution in [-0.4, -0.2) is 41.8 Å². The van der Waals surface area contributed by atoms with Crippen LogP contribution in [0.1, 0.15) is 51.5 Å². The number of rotatable bonds is 11. The molecule has 34 heavy (non-hydrogen) atoms. The fourth-order valence-electron chi connectivity index (χ4n) is 3.14. The number of aryl methyl sites for hydroxylation is 1. The van der Waals surface area contributed by atoms with Gasteiger partial charge < -0.3 is 24.8 Å². The van der Waals surface area contributed by atoms with Gasteiger partial charge in [-0.1, -0.05) is 17.4 Å². The number of hydrogen-bond donors (Lipinski definition) is 2. The Labute approximate surface area is 202 Å². The van der Waals surface area contributed by atoms with Crippen LogP contribution >= 0.6 is 11.3 Å². The second kappa shape index (κ2) is 12.0. The first-order valence-electron chi connectivity index (χ1n) is 11.0. The molecule has 1 heterocycles. The van der Waals surface area contributed by atoms with E-state index in [1.54, 1.807) is 31.2 Å². The predicted octanol–water partition coefficient (Wildman–Crippen LogP) is 4.22. The highest BCUT2D eigenvalue weighted by Gasteiger charge is 2.16. The quantitative estimate of drug-likeness (QED) is 0.419. The van der Waals surface area contributed by atoms with E-state index in [1.807, 2.05) is 32.9 Å². The minimum Gasteiger partial charge on any atom is -0.490 e. The number of ether oxygens (including phenoxy) is 3. The molecule has 1 aromatic heterocycles. The van der Waals surface area contributed by atoms with Gasteiger partial charge in [0.15, 0.2) is 11.5 Å². The molecule has 0 atom stereocenters. The number of aromatic nitrogens is 2. The van der Waals surface area contributed by atoms with E-state index < -0.39 is 0 Å². The van der Waals surface area contributed by atoms with Gasteiger partial charge in [-0.2, -0.15) is 0 Å². The van der Waals surface area contributed by atoms with Crippen molar-refractivity contribution in [2.75, 3.05) is 25.1 Å². The third-order valence-corrected chi connectivity index (χ3v) is 5.36. The van der Waals surface area contributed by atoms with Gasteiger partial charge in [0.1, 0.15) is 5.01 Å². The van der Waals surface area contributed by atoms with E-state index in [2.05, 4.69) is 20.8 Å². The molecule has 2 aromatic carbocycles. The van der Waals surface area contributed by atoms with Gasteiger partial charge in [0.05, 0.1) is 19.8 Å². The number of nitrogens with zero attached hydrogens (tertiary/aromatic N) is 2. The number of anilines is 1. The number of nitrogens with one attached hydrogen (secondary N) is 2. The first-order chi connectivity index (χ1) is 16.4. The zero-order chi connectivity index (χ0) is 24.5. The van der Waals surface area contributed by atoms with Crippen molar-refractivity contribution in [3.05, 3.63) is 57.5 Å². The van der Waals surface area contributed by atoms with Crippen LogP contribution < -0.4 is 24.8 Å². The van der Waals surface area contributed by atoms with Crippen LogP contribution in [-0.2, 0) is 6.54 Å². The summed E-state index contributed by atoms with van der Waals surface area (Å²) in [6.07, 6.45) is 0. The van der Waals surface area contributed by atoms with Gasteiger partial charge in [0.2, 0.25) is 10.8 Å². The number of carbonyl (C=O) groups is 2. The van der Waals surface area contributed by atoms with Crippen molar-refractivity contribution < 1.29 is 23.8 Å². The van der Waals surface area contributed by atoms with Gasteiger partial charge in [-0.15, -0.1) is 10.2 Å². The largest absolute Gasteiger partial charge is 0.490 e. The molecule has 0 aliphatic carbocycles. The molecular weight excluding hydrogens is 456 g/mol. The maximum absolute atomic E-state index is 12.8. The number of benzene rings is 2. The molecule has 9 nitrogen and oxygen atoms in total. The fraction of sp³-hybridized carbons (Fsp3) is 0.333. The molecule has 2 N–H and O–H groups in total. The molecule has 2 amide bonds. The molecule has 180 valence electrons. The smallest absolute Gasteiger partial charge is 0.286 e. The monoisotopic (exact) mass is 484 g/mol. The SMILES string of the molecule is CCOc1cc(CNC(=O)c2cccc(NC(=O)c3nnc(C)s3)c2)cc(OCC)c1OCC. The van der Waals surface area contributed by atoms with Crippen molar-refractivity contribution in [1.29, 1.82) is 0 Å². The van der Waals surface area contributed by atoms with E-state index >= 15 is 0 Å². The molecule has 0 saturated carbocycles. The summed E-state index contributed by atoms with van der Waals surface area (Å²) in [5, 5.41) is 14.3. The van der Waals surface area contributed by atoms with Crippen LogP contribution in [0.3, 0.4) is 0 Å². The zero-order valence-corrected chi connectivity index (χ0v) is 20.5. The van der Waals surface area contributed by atoms with Crippen LogP contribution in [0.2, 0.25) is 0 Å². The molecule has 3 rings (SSSR count). The molecule has 0 fully saturated rings. The molecule has 3 aromatic rings. The van der Waals surface area contributed by atoms with Crippen molar-refractivity contribution >= 4 is 28.8 Å². The maximum atomic E-state index is 12.8. The standard InChI is InChI=1S/C24H28N4O5S/c1-5-31-19-11-16(12-20(32-6-2)21(19)33-7-3)14-25-22(29)17-9-8-10-18(13-17)26-23(30)24-28-27-15(4)34-24/h8-13H,5-7,14H2,1-4H3,(H,25,29)(H,26,30). The minimum absolute atomic E-state index is 0.256. The summed E-state index contributed by atoms with van der Waals surface area (Å²) >= 11 is 1.20. The van der Waals surface area contributed by atoms with Crippen molar-refractivity contribution in [2.24, 2.45) is 0 Å². The summed E-state index contributed by atoms with van der Waals surface area (Å²) in [5.74, 6) is 1.03. The van der Waals surface area contributed by atoms with Crippen molar-refractivity contribution in [2.45, 2.75) is 34.2 Å². The van der Waals surface area contributed by atoms with E-state index in [0.29, 0.717) is 53.3 Å². The minimum atomic E-state index is -0.371. The fourth-order valence-corrected chi connectivity index (χ4v) is 3.73. The average molecular weight is 485 g/mol. The van der Waals surface area contributed by atoms with E-state index in [0.717, 1.165) is 5.56 Å². The Morgan fingerprint density at radius 1 is 0.912 bits per heavy atom. The zero-order valence-electron chi connectivity index (χ0n) is 19.6. The summed E-state index contributed by atoms with van der Waals surface area (Å²) in [6.45, 7) is 9.12. The highest BCUT2D eigenvalue weighted by atomic mass is 32.1. The van der Waals surface area contributed by atoms with Gasteiger partial charge in [0.25, 0.3) is 11.8 Å². The van der Waals surface area contributed by atoms with Crippen molar-refractivity contribution in [3.63, 3.8) is 0 Å². The Balaban J connectivity index is 1.71. The van der Waals surface area contributed by atoms with Crippen LogP contribution in [0.5, 0.6) is 17.2 Å².